The van der Waals surface area contributed by atoms with Gasteiger partial charge in [0.2, 0.25) is 0 Å². The van der Waals surface area contributed by atoms with Gasteiger partial charge in [-0.2, -0.15) is 0 Å². The number of anilines is 1. The molecule has 0 aliphatic rings. The van der Waals surface area contributed by atoms with Gasteiger partial charge in [-0.15, -0.1) is 0 Å². The molecule has 98 valence electrons. The predicted octanol–water partition coefficient (Wildman–Crippen LogP) is 4.80. The summed E-state index contributed by atoms with van der Waals surface area (Å²) >= 11 is 9.11. The van der Waals surface area contributed by atoms with Gasteiger partial charge in [0.25, 0.3) is 5.91 Å². The van der Waals surface area contributed by atoms with Gasteiger partial charge in [0.1, 0.15) is 5.82 Å². The summed E-state index contributed by atoms with van der Waals surface area (Å²) in [7, 11) is 0. The van der Waals surface area contributed by atoms with Gasteiger partial charge in [0.15, 0.2) is 0 Å². The van der Waals surface area contributed by atoms with Crippen molar-refractivity contribution in [2.45, 2.75) is 6.92 Å². The molecule has 0 bridgehead atoms. The molecule has 19 heavy (non-hydrogen) atoms. The molecule has 2 aromatic rings. The van der Waals surface area contributed by atoms with E-state index in [1.807, 2.05) is 19.1 Å². The normalized spacial score (nSPS) is 10.3. The fourth-order valence-electron chi connectivity index (χ4n) is 1.60. The third kappa shape index (κ3) is 3.14. The van der Waals surface area contributed by atoms with Crippen LogP contribution in [0.3, 0.4) is 0 Å². The molecule has 1 N–H and O–H groups in total. The summed E-state index contributed by atoms with van der Waals surface area (Å²) in [6.45, 7) is 1.87. The Hall–Kier alpha value is -1.39. The molecule has 0 saturated heterocycles. The number of halogens is 3. The van der Waals surface area contributed by atoms with Crippen LogP contribution < -0.4 is 5.32 Å². The summed E-state index contributed by atoms with van der Waals surface area (Å²) in [5, 5.41) is 2.54. The Labute approximate surface area is 123 Å². The van der Waals surface area contributed by atoms with Crippen molar-refractivity contribution in [3.63, 3.8) is 0 Å². The Bertz CT molecular complexity index is 645. The molecule has 5 heteroatoms. The number of carbonyl (C=O) groups is 1. The minimum absolute atomic E-state index is 0.112. The molecule has 0 radical (unpaired) electrons. The Morgan fingerprint density at radius 1 is 1.32 bits per heavy atom. The highest BCUT2D eigenvalue weighted by Gasteiger charge is 2.14. The van der Waals surface area contributed by atoms with Crippen LogP contribution in [0.4, 0.5) is 10.1 Å². The standard InChI is InChI=1S/C14H10BrClFNO/c1-8-5-6-9(15)7-12(8)18-14(19)10-3-2-4-11(17)13(10)16/h2-7H,1H3,(H,18,19). The lowest BCUT2D eigenvalue weighted by Crippen LogP contribution is -2.13. The van der Waals surface area contributed by atoms with Crippen LogP contribution in [0.5, 0.6) is 0 Å². The summed E-state index contributed by atoms with van der Waals surface area (Å²) in [6.07, 6.45) is 0. The van der Waals surface area contributed by atoms with Crippen LogP contribution >= 0.6 is 27.5 Å². The Kier molecular flexibility index (Phi) is 4.22. The molecule has 0 unspecified atom stereocenters. The zero-order valence-electron chi connectivity index (χ0n) is 10.0. The molecule has 0 aliphatic heterocycles. The van der Waals surface area contributed by atoms with Crippen molar-refractivity contribution < 1.29 is 9.18 Å². The van der Waals surface area contributed by atoms with E-state index in [9.17, 15) is 9.18 Å². The highest BCUT2D eigenvalue weighted by Crippen LogP contribution is 2.24. The largest absolute Gasteiger partial charge is 0.322 e. The van der Waals surface area contributed by atoms with E-state index in [0.717, 1.165) is 10.0 Å². The molecule has 0 saturated carbocycles. The van der Waals surface area contributed by atoms with E-state index < -0.39 is 11.7 Å². The van der Waals surface area contributed by atoms with Gasteiger partial charge < -0.3 is 5.32 Å². The van der Waals surface area contributed by atoms with Crippen LogP contribution in [0, 0.1) is 12.7 Å². The maximum Gasteiger partial charge on any atom is 0.257 e. The lowest BCUT2D eigenvalue weighted by Gasteiger charge is -2.10. The summed E-state index contributed by atoms with van der Waals surface area (Å²) in [5.74, 6) is -1.05. The maximum absolute atomic E-state index is 13.3. The van der Waals surface area contributed by atoms with Gasteiger partial charge in [-0.1, -0.05) is 39.7 Å². The molecule has 0 spiro atoms. The van der Waals surface area contributed by atoms with E-state index >= 15 is 0 Å². The van der Waals surface area contributed by atoms with Crippen molar-refractivity contribution >= 4 is 39.1 Å². The molecule has 0 fully saturated rings. The first-order chi connectivity index (χ1) is 8.99. The number of aryl methyl sites for hydroxylation is 1. The van der Waals surface area contributed by atoms with Crippen LogP contribution in [0.1, 0.15) is 15.9 Å². The highest BCUT2D eigenvalue weighted by molar-refractivity contribution is 9.10. The molecule has 0 aliphatic carbocycles. The average molecular weight is 343 g/mol. The van der Waals surface area contributed by atoms with E-state index in [0.29, 0.717) is 5.69 Å². The first kappa shape index (κ1) is 14.0. The summed E-state index contributed by atoms with van der Waals surface area (Å²) < 4.78 is 14.1. The van der Waals surface area contributed by atoms with Crippen LogP contribution in [0.15, 0.2) is 40.9 Å². The third-order valence-electron chi connectivity index (χ3n) is 2.64. The second kappa shape index (κ2) is 5.72. The number of carbonyl (C=O) groups excluding carboxylic acids is 1. The monoisotopic (exact) mass is 341 g/mol. The lowest BCUT2D eigenvalue weighted by molar-refractivity contribution is 0.102. The summed E-state index contributed by atoms with van der Waals surface area (Å²) in [5.41, 5.74) is 1.67. The fraction of sp³-hybridized carbons (Fsp3) is 0.0714. The van der Waals surface area contributed by atoms with E-state index in [-0.39, 0.29) is 10.6 Å². The third-order valence-corrected chi connectivity index (χ3v) is 3.52. The maximum atomic E-state index is 13.3. The lowest BCUT2D eigenvalue weighted by atomic mass is 10.1. The van der Waals surface area contributed by atoms with Crippen LogP contribution in [0.2, 0.25) is 5.02 Å². The molecule has 0 heterocycles. The first-order valence-corrected chi connectivity index (χ1v) is 6.67. The van der Waals surface area contributed by atoms with Crippen molar-refractivity contribution in [1.29, 1.82) is 0 Å². The van der Waals surface area contributed by atoms with Crippen molar-refractivity contribution in [3.8, 4) is 0 Å². The van der Waals surface area contributed by atoms with Crippen LogP contribution in [-0.4, -0.2) is 5.91 Å². The SMILES string of the molecule is Cc1ccc(Br)cc1NC(=O)c1cccc(F)c1Cl. The fourth-order valence-corrected chi connectivity index (χ4v) is 2.17. The molecule has 0 aromatic heterocycles. The summed E-state index contributed by atoms with van der Waals surface area (Å²) in [6, 6.07) is 9.66. The zero-order valence-corrected chi connectivity index (χ0v) is 12.3. The topological polar surface area (TPSA) is 29.1 Å². The molecule has 1 amide bonds. The van der Waals surface area contributed by atoms with Crippen molar-refractivity contribution in [1.82, 2.24) is 0 Å². The van der Waals surface area contributed by atoms with Crippen LogP contribution in [-0.2, 0) is 0 Å². The molecular formula is C14H10BrClFNO. The van der Waals surface area contributed by atoms with Crippen LogP contribution in [0.25, 0.3) is 0 Å². The van der Waals surface area contributed by atoms with Gasteiger partial charge in [-0.05, 0) is 36.8 Å². The van der Waals surface area contributed by atoms with Crippen molar-refractivity contribution in [2.75, 3.05) is 5.32 Å². The molecule has 2 nitrogen and oxygen atoms in total. The van der Waals surface area contributed by atoms with Crippen molar-refractivity contribution in [2.24, 2.45) is 0 Å². The van der Waals surface area contributed by atoms with E-state index in [4.69, 9.17) is 11.6 Å². The number of rotatable bonds is 2. The Balaban J connectivity index is 2.31. The number of amides is 1. The number of hydrogen-bond acceptors (Lipinski definition) is 1. The van der Waals surface area contributed by atoms with E-state index in [1.165, 1.54) is 18.2 Å². The highest BCUT2D eigenvalue weighted by atomic mass is 79.9. The van der Waals surface area contributed by atoms with E-state index in [1.54, 1.807) is 6.07 Å². The molecule has 2 aromatic carbocycles. The van der Waals surface area contributed by atoms with Gasteiger partial charge in [0, 0.05) is 10.2 Å². The second-order valence-corrected chi connectivity index (χ2v) is 5.31. The van der Waals surface area contributed by atoms with Gasteiger partial charge in [0.05, 0.1) is 10.6 Å². The predicted molar refractivity (Wildman–Crippen MR) is 78.2 cm³/mol. The number of nitrogens with one attached hydrogen (secondary N) is 1. The zero-order chi connectivity index (χ0) is 14.0. The Morgan fingerprint density at radius 2 is 2.05 bits per heavy atom. The molecular weight excluding hydrogens is 333 g/mol. The quantitative estimate of drug-likeness (QED) is 0.834. The smallest absolute Gasteiger partial charge is 0.257 e. The van der Waals surface area contributed by atoms with E-state index in [2.05, 4.69) is 21.2 Å². The minimum atomic E-state index is -0.611. The van der Waals surface area contributed by atoms with Gasteiger partial charge in [-0.3, -0.25) is 4.79 Å². The second-order valence-electron chi connectivity index (χ2n) is 4.01. The molecule has 2 rings (SSSR count). The average Bonchev–Trinajstić information content (AvgIpc) is 2.37. The van der Waals surface area contributed by atoms with Gasteiger partial charge >= 0.3 is 0 Å². The molecule has 0 atom stereocenters. The number of hydrogen-bond donors (Lipinski definition) is 1. The summed E-state index contributed by atoms with van der Waals surface area (Å²) in [4.78, 5) is 12.1. The van der Waals surface area contributed by atoms with Gasteiger partial charge in [-0.25, -0.2) is 4.39 Å². The Morgan fingerprint density at radius 3 is 2.79 bits per heavy atom. The van der Waals surface area contributed by atoms with Crippen molar-refractivity contribution in [3.05, 3.63) is 62.8 Å². The first-order valence-electron chi connectivity index (χ1n) is 5.50. The minimum Gasteiger partial charge on any atom is -0.322 e. The number of benzene rings is 2.